The molecular weight excluding hydrogens is 413 g/mol. The van der Waals surface area contributed by atoms with Crippen LogP contribution in [0.1, 0.15) is 18.9 Å². The molecule has 0 spiro atoms. The summed E-state index contributed by atoms with van der Waals surface area (Å²) < 4.78 is 35.6. The summed E-state index contributed by atoms with van der Waals surface area (Å²) in [6.07, 6.45) is 0.880. The SMILES string of the molecule is CCOC(CCN(C)C)CNC(=NC)NCc1cc(Cl)cc(Cl)c1OC(F)F. The minimum atomic E-state index is -2.99. The van der Waals surface area contributed by atoms with Crippen molar-refractivity contribution < 1.29 is 18.3 Å². The summed E-state index contributed by atoms with van der Waals surface area (Å²) in [6, 6.07) is 2.88. The molecule has 0 saturated heterocycles. The van der Waals surface area contributed by atoms with Gasteiger partial charge < -0.3 is 25.0 Å². The molecule has 0 radical (unpaired) electrons. The van der Waals surface area contributed by atoms with Crippen LogP contribution in [0, 0.1) is 0 Å². The van der Waals surface area contributed by atoms with Crippen LogP contribution in [0.25, 0.3) is 0 Å². The van der Waals surface area contributed by atoms with Gasteiger partial charge in [0.2, 0.25) is 0 Å². The van der Waals surface area contributed by atoms with Crippen molar-refractivity contribution >= 4 is 29.2 Å². The van der Waals surface area contributed by atoms with Gasteiger partial charge in [0.05, 0.1) is 11.1 Å². The van der Waals surface area contributed by atoms with Crippen molar-refractivity contribution in [2.24, 2.45) is 4.99 Å². The maximum absolute atomic E-state index is 12.7. The number of guanidine groups is 1. The number of aliphatic imine (C=N–C) groups is 1. The average molecular weight is 441 g/mol. The second-order valence-electron chi connectivity index (χ2n) is 6.23. The van der Waals surface area contributed by atoms with Crippen LogP contribution in [-0.4, -0.2) is 64.4 Å². The zero-order valence-corrected chi connectivity index (χ0v) is 18.1. The second kappa shape index (κ2) is 13.0. The Hall–Kier alpha value is -1.35. The fourth-order valence-corrected chi connectivity index (χ4v) is 3.04. The Morgan fingerprint density at radius 1 is 1.25 bits per heavy atom. The van der Waals surface area contributed by atoms with Gasteiger partial charge in [-0.3, -0.25) is 4.99 Å². The van der Waals surface area contributed by atoms with Gasteiger partial charge in [-0.15, -0.1) is 0 Å². The van der Waals surface area contributed by atoms with E-state index < -0.39 is 6.61 Å². The molecule has 28 heavy (non-hydrogen) atoms. The van der Waals surface area contributed by atoms with Gasteiger partial charge in [0.25, 0.3) is 0 Å². The molecule has 160 valence electrons. The summed E-state index contributed by atoms with van der Waals surface area (Å²) >= 11 is 12.0. The summed E-state index contributed by atoms with van der Waals surface area (Å²) in [6.45, 7) is 1.17. The monoisotopic (exact) mass is 440 g/mol. The molecule has 0 fully saturated rings. The molecule has 1 atom stereocenters. The minimum absolute atomic E-state index is 0.0179. The Morgan fingerprint density at radius 3 is 2.54 bits per heavy atom. The first kappa shape index (κ1) is 24.7. The van der Waals surface area contributed by atoms with E-state index in [-0.39, 0.29) is 23.4 Å². The van der Waals surface area contributed by atoms with E-state index in [0.29, 0.717) is 29.7 Å². The number of halogens is 4. The first-order valence-electron chi connectivity index (χ1n) is 8.90. The maximum atomic E-state index is 12.7. The zero-order valence-electron chi connectivity index (χ0n) is 16.6. The van der Waals surface area contributed by atoms with E-state index in [2.05, 4.69) is 25.3 Å². The Labute approximate surface area is 175 Å². The number of nitrogens with zero attached hydrogens (tertiary/aromatic N) is 2. The molecular formula is C18H28Cl2F2N4O2. The Kier molecular flexibility index (Phi) is 11.4. The Balaban J connectivity index is 2.71. The molecule has 1 aromatic carbocycles. The summed E-state index contributed by atoms with van der Waals surface area (Å²) in [5.74, 6) is 0.385. The number of alkyl halides is 2. The molecule has 1 rings (SSSR count). The van der Waals surface area contributed by atoms with Crippen LogP contribution in [0.3, 0.4) is 0 Å². The van der Waals surface area contributed by atoms with Gasteiger partial charge in [-0.1, -0.05) is 23.2 Å². The highest BCUT2D eigenvalue weighted by Gasteiger charge is 2.16. The van der Waals surface area contributed by atoms with Crippen LogP contribution >= 0.6 is 23.2 Å². The van der Waals surface area contributed by atoms with Crippen molar-refractivity contribution in [2.45, 2.75) is 32.6 Å². The van der Waals surface area contributed by atoms with Crippen molar-refractivity contribution in [3.63, 3.8) is 0 Å². The molecule has 1 aromatic rings. The standard InChI is InChI=1S/C18H28Cl2F2N4O2/c1-5-27-14(6-7-26(3)4)11-25-18(23-2)24-10-12-8-13(19)9-15(20)16(12)28-17(21)22/h8-9,14,17H,5-7,10-11H2,1-4H3,(H2,23,24,25). The van der Waals surface area contributed by atoms with Gasteiger partial charge in [-0.05, 0) is 39.6 Å². The van der Waals surface area contributed by atoms with Crippen LogP contribution in [0.2, 0.25) is 10.0 Å². The van der Waals surface area contributed by atoms with Crippen molar-refractivity contribution in [1.29, 1.82) is 0 Å². The molecule has 0 aliphatic carbocycles. The number of hydrogen-bond acceptors (Lipinski definition) is 4. The van der Waals surface area contributed by atoms with Gasteiger partial charge in [0, 0.05) is 43.9 Å². The fraction of sp³-hybridized carbons (Fsp3) is 0.611. The van der Waals surface area contributed by atoms with Crippen molar-refractivity contribution in [2.75, 3.05) is 40.8 Å². The third-order valence-electron chi connectivity index (χ3n) is 3.76. The predicted molar refractivity (Wildman–Crippen MR) is 110 cm³/mol. The Bertz CT molecular complexity index is 634. The van der Waals surface area contributed by atoms with E-state index in [9.17, 15) is 8.78 Å². The fourth-order valence-electron chi connectivity index (χ4n) is 2.46. The summed E-state index contributed by atoms with van der Waals surface area (Å²) in [4.78, 5) is 6.23. The highest BCUT2D eigenvalue weighted by molar-refractivity contribution is 6.35. The van der Waals surface area contributed by atoms with Crippen LogP contribution < -0.4 is 15.4 Å². The first-order chi connectivity index (χ1) is 13.3. The van der Waals surface area contributed by atoms with Crippen molar-refractivity contribution in [3.05, 3.63) is 27.7 Å². The minimum Gasteiger partial charge on any atom is -0.433 e. The highest BCUT2D eigenvalue weighted by Crippen LogP contribution is 2.33. The van der Waals surface area contributed by atoms with Crippen molar-refractivity contribution in [3.8, 4) is 5.75 Å². The topological polar surface area (TPSA) is 58.1 Å². The molecule has 0 amide bonds. The molecule has 10 heteroatoms. The molecule has 1 unspecified atom stereocenters. The number of benzene rings is 1. The summed E-state index contributed by atoms with van der Waals surface area (Å²) in [7, 11) is 5.63. The van der Waals surface area contributed by atoms with Crippen LogP contribution in [0.5, 0.6) is 5.75 Å². The zero-order chi connectivity index (χ0) is 21.1. The molecule has 0 aliphatic rings. The van der Waals surface area contributed by atoms with Crippen LogP contribution in [0.4, 0.5) is 8.78 Å². The molecule has 0 heterocycles. The van der Waals surface area contributed by atoms with Gasteiger partial charge in [0.1, 0.15) is 5.75 Å². The largest absolute Gasteiger partial charge is 0.433 e. The third kappa shape index (κ3) is 9.23. The van der Waals surface area contributed by atoms with Gasteiger partial charge >= 0.3 is 6.61 Å². The van der Waals surface area contributed by atoms with Gasteiger partial charge in [-0.2, -0.15) is 8.78 Å². The average Bonchev–Trinajstić information content (AvgIpc) is 2.61. The molecule has 0 aromatic heterocycles. The number of nitrogens with one attached hydrogen (secondary N) is 2. The normalized spacial score (nSPS) is 13.1. The molecule has 0 bridgehead atoms. The number of ether oxygens (including phenoxy) is 2. The quantitative estimate of drug-likeness (QED) is 0.406. The van der Waals surface area contributed by atoms with E-state index in [0.717, 1.165) is 13.0 Å². The first-order valence-corrected chi connectivity index (χ1v) is 9.65. The predicted octanol–water partition coefficient (Wildman–Crippen LogP) is 3.62. The lowest BCUT2D eigenvalue weighted by Gasteiger charge is -2.21. The second-order valence-corrected chi connectivity index (χ2v) is 7.07. The van der Waals surface area contributed by atoms with Gasteiger partial charge in [-0.25, -0.2) is 0 Å². The van der Waals surface area contributed by atoms with Crippen LogP contribution in [0.15, 0.2) is 17.1 Å². The van der Waals surface area contributed by atoms with Gasteiger partial charge in [0.15, 0.2) is 5.96 Å². The lowest BCUT2D eigenvalue weighted by molar-refractivity contribution is -0.0504. The lowest BCUT2D eigenvalue weighted by atomic mass is 10.2. The summed E-state index contributed by atoms with van der Waals surface area (Å²) in [5.41, 5.74) is 0.398. The molecule has 6 nitrogen and oxygen atoms in total. The lowest BCUT2D eigenvalue weighted by Crippen LogP contribution is -2.42. The Morgan fingerprint density at radius 2 is 1.96 bits per heavy atom. The maximum Gasteiger partial charge on any atom is 0.387 e. The van der Waals surface area contributed by atoms with E-state index >= 15 is 0 Å². The summed E-state index contributed by atoms with van der Waals surface area (Å²) in [5, 5.41) is 6.57. The molecule has 0 aliphatic heterocycles. The molecule has 2 N–H and O–H groups in total. The van der Waals surface area contributed by atoms with E-state index in [1.54, 1.807) is 7.05 Å². The third-order valence-corrected chi connectivity index (χ3v) is 4.26. The van der Waals surface area contributed by atoms with Crippen LogP contribution in [-0.2, 0) is 11.3 Å². The van der Waals surface area contributed by atoms with E-state index in [1.807, 2.05) is 21.0 Å². The van der Waals surface area contributed by atoms with Crippen molar-refractivity contribution in [1.82, 2.24) is 15.5 Å². The van der Waals surface area contributed by atoms with E-state index in [4.69, 9.17) is 27.9 Å². The number of rotatable bonds is 11. The highest BCUT2D eigenvalue weighted by atomic mass is 35.5. The number of hydrogen-bond donors (Lipinski definition) is 2. The van der Waals surface area contributed by atoms with E-state index in [1.165, 1.54) is 12.1 Å². The smallest absolute Gasteiger partial charge is 0.387 e. The molecule has 0 saturated carbocycles.